The van der Waals surface area contributed by atoms with Gasteiger partial charge in [-0.25, -0.2) is 4.98 Å². The molecule has 0 aliphatic rings. The standard InChI is InChI=1S/C9H17N3/c1-9(2,3)7-6-11-8(12-7)4-5-10/h6H,4-5,10H2,1-3H3,(H,11,12). The van der Waals surface area contributed by atoms with E-state index in [-0.39, 0.29) is 5.41 Å². The second kappa shape index (κ2) is 3.27. The lowest BCUT2D eigenvalue weighted by Gasteiger charge is -2.14. The van der Waals surface area contributed by atoms with Crippen LogP contribution >= 0.6 is 0 Å². The van der Waals surface area contributed by atoms with Crippen LogP contribution in [0, 0.1) is 0 Å². The van der Waals surface area contributed by atoms with Crippen molar-refractivity contribution in [3.63, 3.8) is 0 Å². The summed E-state index contributed by atoms with van der Waals surface area (Å²) in [6.45, 7) is 7.13. The van der Waals surface area contributed by atoms with Crippen molar-refractivity contribution in [1.29, 1.82) is 0 Å². The first kappa shape index (κ1) is 9.26. The molecule has 12 heavy (non-hydrogen) atoms. The topological polar surface area (TPSA) is 54.7 Å². The normalized spacial score (nSPS) is 12.0. The summed E-state index contributed by atoms with van der Waals surface area (Å²) in [5.41, 5.74) is 6.74. The average molecular weight is 167 g/mol. The minimum Gasteiger partial charge on any atom is -0.345 e. The zero-order valence-corrected chi connectivity index (χ0v) is 8.02. The number of nitrogens with zero attached hydrogens (tertiary/aromatic N) is 1. The SMILES string of the molecule is CC(C)(C)c1cnc(CCN)[nH]1. The van der Waals surface area contributed by atoms with Crippen molar-refractivity contribution in [2.75, 3.05) is 6.54 Å². The van der Waals surface area contributed by atoms with E-state index in [0.29, 0.717) is 6.54 Å². The number of aromatic amines is 1. The maximum Gasteiger partial charge on any atom is 0.107 e. The molecule has 0 spiro atoms. The van der Waals surface area contributed by atoms with Crippen molar-refractivity contribution in [2.45, 2.75) is 32.6 Å². The number of nitrogens with two attached hydrogens (primary N) is 1. The van der Waals surface area contributed by atoms with Crippen molar-refractivity contribution in [3.8, 4) is 0 Å². The molecule has 0 bridgehead atoms. The Bertz CT molecular complexity index is 245. The third kappa shape index (κ3) is 2.08. The summed E-state index contributed by atoms with van der Waals surface area (Å²) >= 11 is 0. The fourth-order valence-corrected chi connectivity index (χ4v) is 1.01. The third-order valence-electron chi connectivity index (χ3n) is 1.82. The average Bonchev–Trinajstić information content (AvgIpc) is 2.35. The Morgan fingerprint density at radius 1 is 1.50 bits per heavy atom. The second-order valence-corrected chi connectivity index (χ2v) is 4.03. The van der Waals surface area contributed by atoms with Gasteiger partial charge in [0.25, 0.3) is 0 Å². The van der Waals surface area contributed by atoms with Gasteiger partial charge >= 0.3 is 0 Å². The van der Waals surface area contributed by atoms with Crippen molar-refractivity contribution in [3.05, 3.63) is 17.7 Å². The molecule has 0 saturated carbocycles. The van der Waals surface area contributed by atoms with E-state index < -0.39 is 0 Å². The molecular formula is C9H17N3. The molecule has 0 aromatic carbocycles. The zero-order valence-electron chi connectivity index (χ0n) is 8.02. The van der Waals surface area contributed by atoms with Crippen LogP contribution in [0.2, 0.25) is 0 Å². The molecule has 1 heterocycles. The summed E-state index contributed by atoms with van der Waals surface area (Å²) in [7, 11) is 0. The van der Waals surface area contributed by atoms with Crippen molar-refractivity contribution in [2.24, 2.45) is 5.73 Å². The molecule has 3 heteroatoms. The van der Waals surface area contributed by atoms with Crippen LogP contribution < -0.4 is 5.73 Å². The van der Waals surface area contributed by atoms with Gasteiger partial charge in [-0.15, -0.1) is 0 Å². The molecule has 1 aromatic heterocycles. The van der Waals surface area contributed by atoms with Crippen LogP contribution in [0.5, 0.6) is 0 Å². The molecule has 0 atom stereocenters. The van der Waals surface area contributed by atoms with Gasteiger partial charge in [0.15, 0.2) is 0 Å². The van der Waals surface area contributed by atoms with Gasteiger partial charge in [0.2, 0.25) is 0 Å². The molecule has 0 aliphatic heterocycles. The maximum absolute atomic E-state index is 5.42. The number of aromatic nitrogens is 2. The number of H-pyrrole nitrogens is 1. The summed E-state index contributed by atoms with van der Waals surface area (Å²) < 4.78 is 0. The second-order valence-electron chi connectivity index (χ2n) is 4.03. The summed E-state index contributed by atoms with van der Waals surface area (Å²) in [6, 6.07) is 0. The molecular weight excluding hydrogens is 150 g/mol. The Kier molecular flexibility index (Phi) is 2.52. The van der Waals surface area contributed by atoms with Crippen LogP contribution in [0.3, 0.4) is 0 Å². The highest BCUT2D eigenvalue weighted by molar-refractivity contribution is 5.11. The number of nitrogens with one attached hydrogen (secondary N) is 1. The van der Waals surface area contributed by atoms with E-state index in [2.05, 4.69) is 30.7 Å². The summed E-state index contributed by atoms with van der Waals surface area (Å²) in [5, 5.41) is 0. The van der Waals surface area contributed by atoms with E-state index in [1.165, 1.54) is 5.69 Å². The molecule has 1 rings (SSSR count). The van der Waals surface area contributed by atoms with Gasteiger partial charge in [-0.2, -0.15) is 0 Å². The molecule has 0 fully saturated rings. The Morgan fingerprint density at radius 3 is 2.58 bits per heavy atom. The van der Waals surface area contributed by atoms with Crippen LogP contribution in [-0.2, 0) is 11.8 Å². The first-order chi connectivity index (χ1) is 5.54. The quantitative estimate of drug-likeness (QED) is 0.695. The Labute approximate surface area is 73.4 Å². The molecule has 1 aromatic rings. The fourth-order valence-electron chi connectivity index (χ4n) is 1.01. The van der Waals surface area contributed by atoms with Crippen LogP contribution in [0.25, 0.3) is 0 Å². The van der Waals surface area contributed by atoms with E-state index in [1.807, 2.05) is 6.20 Å². The largest absolute Gasteiger partial charge is 0.345 e. The number of hydrogen-bond donors (Lipinski definition) is 2. The van der Waals surface area contributed by atoms with Crippen molar-refractivity contribution in [1.82, 2.24) is 9.97 Å². The summed E-state index contributed by atoms with van der Waals surface area (Å²) in [6.07, 6.45) is 2.72. The van der Waals surface area contributed by atoms with E-state index in [0.717, 1.165) is 12.2 Å². The summed E-state index contributed by atoms with van der Waals surface area (Å²) in [5.74, 6) is 0.988. The molecule has 0 radical (unpaired) electrons. The van der Waals surface area contributed by atoms with Gasteiger partial charge < -0.3 is 10.7 Å². The van der Waals surface area contributed by atoms with Gasteiger partial charge in [-0.3, -0.25) is 0 Å². The van der Waals surface area contributed by atoms with Crippen LogP contribution in [0.15, 0.2) is 6.20 Å². The van der Waals surface area contributed by atoms with E-state index in [1.54, 1.807) is 0 Å². The number of imidazole rings is 1. The van der Waals surface area contributed by atoms with E-state index >= 15 is 0 Å². The minimum absolute atomic E-state index is 0.153. The first-order valence-electron chi connectivity index (χ1n) is 4.28. The van der Waals surface area contributed by atoms with Gasteiger partial charge in [-0.1, -0.05) is 20.8 Å². The summed E-state index contributed by atoms with van der Waals surface area (Å²) in [4.78, 5) is 7.50. The predicted octanol–water partition coefficient (Wildman–Crippen LogP) is 1.21. The molecule has 68 valence electrons. The lowest BCUT2D eigenvalue weighted by atomic mass is 9.93. The highest BCUT2D eigenvalue weighted by atomic mass is 14.9. The highest BCUT2D eigenvalue weighted by Gasteiger charge is 2.15. The lowest BCUT2D eigenvalue weighted by molar-refractivity contribution is 0.570. The minimum atomic E-state index is 0.153. The Hall–Kier alpha value is -0.830. The van der Waals surface area contributed by atoms with E-state index in [4.69, 9.17) is 5.73 Å². The monoisotopic (exact) mass is 167 g/mol. The van der Waals surface area contributed by atoms with Crippen molar-refractivity contribution < 1.29 is 0 Å². The smallest absolute Gasteiger partial charge is 0.107 e. The van der Waals surface area contributed by atoms with Crippen molar-refractivity contribution >= 4 is 0 Å². The van der Waals surface area contributed by atoms with Crippen LogP contribution in [0.1, 0.15) is 32.3 Å². The number of rotatable bonds is 2. The van der Waals surface area contributed by atoms with Gasteiger partial charge in [0.05, 0.1) is 0 Å². The fraction of sp³-hybridized carbons (Fsp3) is 0.667. The van der Waals surface area contributed by atoms with E-state index in [9.17, 15) is 0 Å². The Balaban J connectivity index is 2.77. The molecule has 0 unspecified atom stereocenters. The molecule has 0 aliphatic carbocycles. The maximum atomic E-state index is 5.42. The van der Waals surface area contributed by atoms with Crippen LogP contribution in [0.4, 0.5) is 0 Å². The predicted molar refractivity (Wildman–Crippen MR) is 50.0 cm³/mol. The third-order valence-corrected chi connectivity index (χ3v) is 1.82. The lowest BCUT2D eigenvalue weighted by Crippen LogP contribution is -2.12. The van der Waals surface area contributed by atoms with Gasteiger partial charge in [-0.05, 0) is 6.54 Å². The Morgan fingerprint density at radius 2 is 2.17 bits per heavy atom. The molecule has 0 amide bonds. The molecule has 3 N–H and O–H groups in total. The zero-order chi connectivity index (χ0) is 9.19. The number of hydrogen-bond acceptors (Lipinski definition) is 2. The van der Waals surface area contributed by atoms with Crippen LogP contribution in [-0.4, -0.2) is 16.5 Å². The first-order valence-corrected chi connectivity index (χ1v) is 4.28. The van der Waals surface area contributed by atoms with Gasteiger partial charge in [0.1, 0.15) is 5.82 Å². The van der Waals surface area contributed by atoms with Gasteiger partial charge in [0, 0.05) is 23.7 Å². The molecule has 0 saturated heterocycles. The highest BCUT2D eigenvalue weighted by Crippen LogP contribution is 2.19. The molecule has 3 nitrogen and oxygen atoms in total.